The van der Waals surface area contributed by atoms with Crippen LogP contribution in [0.2, 0.25) is 0 Å². The van der Waals surface area contributed by atoms with Crippen LogP contribution in [0.25, 0.3) is 0 Å². The second-order valence-electron chi connectivity index (χ2n) is 8.23. The Morgan fingerprint density at radius 3 is 2.70 bits per heavy atom. The summed E-state index contributed by atoms with van der Waals surface area (Å²) in [6.07, 6.45) is 4.30. The highest BCUT2D eigenvalue weighted by Gasteiger charge is 2.40. The van der Waals surface area contributed by atoms with E-state index >= 15 is 0 Å². The normalized spacial score (nSPS) is 25.2. The molecule has 1 spiro atoms. The zero-order chi connectivity index (χ0) is 16.5. The van der Waals surface area contributed by atoms with Crippen molar-refractivity contribution in [1.29, 1.82) is 0 Å². The summed E-state index contributed by atoms with van der Waals surface area (Å²) >= 11 is 0. The fourth-order valence-electron chi connectivity index (χ4n) is 3.69. The fourth-order valence-corrected chi connectivity index (χ4v) is 3.69. The van der Waals surface area contributed by atoms with Crippen LogP contribution in [0.4, 0.5) is 0 Å². The van der Waals surface area contributed by atoms with Crippen LogP contribution in [0, 0.1) is 0 Å². The van der Waals surface area contributed by atoms with Gasteiger partial charge >= 0.3 is 0 Å². The van der Waals surface area contributed by atoms with Gasteiger partial charge in [-0.3, -0.25) is 10.00 Å². The van der Waals surface area contributed by atoms with Crippen LogP contribution >= 0.6 is 0 Å². The molecule has 1 unspecified atom stereocenters. The monoisotopic (exact) mass is 321 g/mol. The smallest absolute Gasteiger partial charge is 0.0741 e. The highest BCUT2D eigenvalue weighted by atomic mass is 16.5. The summed E-state index contributed by atoms with van der Waals surface area (Å²) in [5.74, 6) is 0. The molecule has 3 heterocycles. The lowest BCUT2D eigenvalue weighted by Gasteiger charge is -2.45. The molecule has 23 heavy (non-hydrogen) atoms. The van der Waals surface area contributed by atoms with E-state index in [-0.39, 0.29) is 11.0 Å². The molecule has 0 aliphatic carbocycles. The molecule has 0 radical (unpaired) electrons. The average molecular weight is 321 g/mol. The molecule has 0 aromatic carbocycles. The van der Waals surface area contributed by atoms with Crippen molar-refractivity contribution in [3.8, 4) is 0 Å². The van der Waals surface area contributed by atoms with Crippen molar-refractivity contribution < 1.29 is 9.47 Å². The van der Waals surface area contributed by atoms with Crippen LogP contribution in [0.1, 0.15) is 57.8 Å². The van der Waals surface area contributed by atoms with E-state index in [0.29, 0.717) is 6.04 Å². The van der Waals surface area contributed by atoms with Crippen molar-refractivity contribution in [2.75, 3.05) is 26.9 Å². The number of nitrogens with zero attached hydrogens (tertiary/aromatic N) is 2. The van der Waals surface area contributed by atoms with Gasteiger partial charge in [0.15, 0.2) is 0 Å². The third kappa shape index (κ3) is 3.95. The van der Waals surface area contributed by atoms with Gasteiger partial charge in [-0.2, -0.15) is 5.10 Å². The van der Waals surface area contributed by atoms with Gasteiger partial charge in [-0.25, -0.2) is 0 Å². The first-order valence-corrected chi connectivity index (χ1v) is 8.85. The van der Waals surface area contributed by atoms with E-state index in [4.69, 9.17) is 9.47 Å². The predicted molar refractivity (Wildman–Crippen MR) is 90.5 cm³/mol. The van der Waals surface area contributed by atoms with E-state index in [1.54, 1.807) is 0 Å². The Morgan fingerprint density at radius 1 is 1.30 bits per heavy atom. The predicted octanol–water partition coefficient (Wildman–Crippen LogP) is 2.87. The molecular formula is C18H31N3O2. The maximum absolute atomic E-state index is 6.16. The molecule has 1 atom stereocenters. The minimum absolute atomic E-state index is 0.0555. The first kappa shape index (κ1) is 16.9. The van der Waals surface area contributed by atoms with Gasteiger partial charge in [0.05, 0.1) is 11.3 Å². The zero-order valence-corrected chi connectivity index (χ0v) is 15.0. The molecule has 1 aromatic heterocycles. The fraction of sp³-hybridized carbons (Fsp3) is 0.833. The van der Waals surface area contributed by atoms with Crippen LogP contribution in [0.15, 0.2) is 6.07 Å². The number of hydrogen-bond acceptors (Lipinski definition) is 4. The van der Waals surface area contributed by atoms with Crippen molar-refractivity contribution in [1.82, 2.24) is 15.1 Å². The van der Waals surface area contributed by atoms with Gasteiger partial charge in [0.25, 0.3) is 0 Å². The summed E-state index contributed by atoms with van der Waals surface area (Å²) in [4.78, 5) is 2.46. The maximum atomic E-state index is 6.16. The van der Waals surface area contributed by atoms with E-state index in [2.05, 4.69) is 49.0 Å². The number of aromatic amines is 1. The molecule has 2 saturated heterocycles. The Hall–Kier alpha value is -0.910. The molecule has 130 valence electrons. The van der Waals surface area contributed by atoms with E-state index < -0.39 is 0 Å². The first-order chi connectivity index (χ1) is 10.9. The third-order valence-electron chi connectivity index (χ3n) is 5.31. The second kappa shape index (κ2) is 6.54. The van der Waals surface area contributed by atoms with Crippen LogP contribution < -0.4 is 0 Å². The van der Waals surface area contributed by atoms with Crippen LogP contribution in [0.3, 0.4) is 0 Å². The lowest BCUT2D eigenvalue weighted by Crippen LogP contribution is -2.50. The van der Waals surface area contributed by atoms with Gasteiger partial charge in [-0.1, -0.05) is 20.8 Å². The molecule has 1 aromatic rings. The molecular weight excluding hydrogens is 290 g/mol. The van der Waals surface area contributed by atoms with Crippen molar-refractivity contribution in [2.24, 2.45) is 0 Å². The number of nitrogens with one attached hydrogen (secondary N) is 1. The molecule has 1 N–H and O–H groups in total. The van der Waals surface area contributed by atoms with Gasteiger partial charge in [-0.15, -0.1) is 0 Å². The summed E-state index contributed by atoms with van der Waals surface area (Å²) in [6, 6.07) is 2.78. The second-order valence-corrected chi connectivity index (χ2v) is 8.23. The summed E-state index contributed by atoms with van der Waals surface area (Å²) in [5.41, 5.74) is 2.48. The lowest BCUT2D eigenvalue weighted by atomic mass is 9.83. The number of rotatable bonds is 3. The quantitative estimate of drug-likeness (QED) is 0.930. The summed E-state index contributed by atoms with van der Waals surface area (Å²) in [7, 11) is 2.22. The van der Waals surface area contributed by atoms with Crippen molar-refractivity contribution in [2.45, 2.75) is 70.1 Å². The Bertz CT molecular complexity index is 509. The molecule has 5 heteroatoms. The van der Waals surface area contributed by atoms with Crippen LogP contribution in [-0.4, -0.2) is 53.6 Å². The molecule has 2 aliphatic rings. The van der Waals surface area contributed by atoms with E-state index in [1.165, 1.54) is 5.69 Å². The topological polar surface area (TPSA) is 50.4 Å². The van der Waals surface area contributed by atoms with Crippen LogP contribution in [-0.2, 0) is 21.4 Å². The van der Waals surface area contributed by atoms with E-state index in [1.807, 2.05) is 0 Å². The molecule has 2 aliphatic heterocycles. The number of H-pyrrole nitrogens is 1. The summed E-state index contributed by atoms with van der Waals surface area (Å²) in [5, 5.41) is 7.69. The van der Waals surface area contributed by atoms with Crippen molar-refractivity contribution in [3.63, 3.8) is 0 Å². The van der Waals surface area contributed by atoms with Crippen molar-refractivity contribution in [3.05, 3.63) is 17.5 Å². The first-order valence-electron chi connectivity index (χ1n) is 8.85. The largest absolute Gasteiger partial charge is 0.381 e. The number of hydrogen-bond donors (Lipinski definition) is 1. The minimum atomic E-state index is 0.0555. The SMILES string of the molecule is CN(Cc1cc(C(C)(C)C)n[nH]1)C1CCOC2(CCOCC2)C1. The van der Waals surface area contributed by atoms with Gasteiger partial charge in [0, 0.05) is 43.5 Å². The minimum Gasteiger partial charge on any atom is -0.381 e. The lowest BCUT2D eigenvalue weighted by molar-refractivity contribution is -0.150. The average Bonchev–Trinajstić information content (AvgIpc) is 2.97. The highest BCUT2D eigenvalue weighted by molar-refractivity contribution is 5.16. The Balaban J connectivity index is 1.61. The standard InChI is InChI=1S/C18H31N3O2/c1-17(2,3)16-11-14(19-20-16)13-21(4)15-5-8-23-18(12-15)6-9-22-10-7-18/h11,15H,5-10,12-13H2,1-4H3,(H,19,20). The van der Waals surface area contributed by atoms with Gasteiger partial charge < -0.3 is 9.47 Å². The molecule has 0 saturated carbocycles. The van der Waals surface area contributed by atoms with Gasteiger partial charge in [0.2, 0.25) is 0 Å². The zero-order valence-electron chi connectivity index (χ0n) is 15.0. The third-order valence-corrected chi connectivity index (χ3v) is 5.31. The maximum Gasteiger partial charge on any atom is 0.0741 e. The number of ether oxygens (including phenoxy) is 2. The molecule has 0 amide bonds. The van der Waals surface area contributed by atoms with Gasteiger partial charge in [0.1, 0.15) is 0 Å². The summed E-state index contributed by atoms with van der Waals surface area (Å²) in [6.45, 7) is 10.1. The summed E-state index contributed by atoms with van der Waals surface area (Å²) < 4.78 is 11.7. The Kier molecular flexibility index (Phi) is 4.81. The molecule has 0 bridgehead atoms. The van der Waals surface area contributed by atoms with Gasteiger partial charge in [-0.05, 0) is 38.8 Å². The molecule has 2 fully saturated rings. The van der Waals surface area contributed by atoms with Crippen LogP contribution in [0.5, 0.6) is 0 Å². The molecule has 3 rings (SSSR count). The van der Waals surface area contributed by atoms with E-state index in [0.717, 1.165) is 57.7 Å². The highest BCUT2D eigenvalue weighted by Crippen LogP contribution is 2.36. The van der Waals surface area contributed by atoms with E-state index in [9.17, 15) is 0 Å². The molecule has 5 nitrogen and oxygen atoms in total. The van der Waals surface area contributed by atoms with Crippen molar-refractivity contribution >= 4 is 0 Å². The Labute approximate surface area is 139 Å². The number of aromatic nitrogens is 2. The Morgan fingerprint density at radius 2 is 2.04 bits per heavy atom.